The van der Waals surface area contributed by atoms with Crippen LogP contribution in [-0.2, 0) is 11.2 Å². The highest BCUT2D eigenvalue weighted by molar-refractivity contribution is 5.97. The van der Waals surface area contributed by atoms with Crippen LogP contribution in [-0.4, -0.2) is 23.0 Å². The zero-order valence-electron chi connectivity index (χ0n) is 11.8. The Balaban J connectivity index is 2.87. The highest BCUT2D eigenvalue weighted by atomic mass is 16.4. The molecule has 0 radical (unpaired) electrons. The van der Waals surface area contributed by atoms with Crippen LogP contribution in [0.5, 0.6) is 0 Å². The van der Waals surface area contributed by atoms with Crippen molar-refractivity contribution in [3.8, 4) is 0 Å². The average Bonchev–Trinajstić information content (AvgIpc) is 2.68. The Hall–Kier alpha value is -1.78. The van der Waals surface area contributed by atoms with Gasteiger partial charge in [0.15, 0.2) is 0 Å². The van der Waals surface area contributed by atoms with E-state index in [4.69, 9.17) is 9.52 Å². The predicted octanol–water partition coefficient (Wildman–Crippen LogP) is 2.38. The van der Waals surface area contributed by atoms with Gasteiger partial charge >= 0.3 is 5.97 Å². The van der Waals surface area contributed by atoms with Crippen LogP contribution in [0.4, 0.5) is 0 Å². The van der Waals surface area contributed by atoms with Crippen LogP contribution in [0, 0.1) is 12.8 Å². The molecule has 0 aliphatic heterocycles. The van der Waals surface area contributed by atoms with E-state index in [-0.39, 0.29) is 24.1 Å². The molecule has 1 aromatic heterocycles. The van der Waals surface area contributed by atoms with Gasteiger partial charge in [-0.1, -0.05) is 20.3 Å². The minimum absolute atomic E-state index is 0.0319. The van der Waals surface area contributed by atoms with Gasteiger partial charge in [0.2, 0.25) is 0 Å². The summed E-state index contributed by atoms with van der Waals surface area (Å²) in [7, 11) is 0. The lowest BCUT2D eigenvalue weighted by Gasteiger charge is -2.20. The maximum Gasteiger partial charge on any atom is 0.311 e. The van der Waals surface area contributed by atoms with Gasteiger partial charge in [0.05, 0.1) is 11.8 Å². The van der Waals surface area contributed by atoms with Gasteiger partial charge < -0.3 is 14.8 Å². The van der Waals surface area contributed by atoms with Gasteiger partial charge in [-0.15, -0.1) is 0 Å². The number of rotatable bonds is 6. The number of furan rings is 1. The molecule has 1 heterocycles. The molecule has 2 unspecified atom stereocenters. The van der Waals surface area contributed by atoms with Crippen molar-refractivity contribution in [2.45, 2.75) is 46.6 Å². The summed E-state index contributed by atoms with van der Waals surface area (Å²) in [5, 5.41) is 11.7. The predicted molar refractivity (Wildman–Crippen MR) is 71.2 cm³/mol. The van der Waals surface area contributed by atoms with Gasteiger partial charge in [0.25, 0.3) is 5.91 Å². The lowest BCUT2D eigenvalue weighted by Crippen LogP contribution is -2.37. The molecular weight excluding hydrogens is 246 g/mol. The summed E-state index contributed by atoms with van der Waals surface area (Å²) in [6.07, 6.45) is 2.10. The Labute approximate surface area is 113 Å². The first-order valence-electron chi connectivity index (χ1n) is 6.46. The summed E-state index contributed by atoms with van der Waals surface area (Å²) in [5.74, 6) is -0.716. The number of carboxylic acid groups (broad SMARTS) is 1. The van der Waals surface area contributed by atoms with E-state index in [1.165, 1.54) is 6.26 Å². The largest absolute Gasteiger partial charge is 0.481 e. The van der Waals surface area contributed by atoms with Crippen molar-refractivity contribution in [2.24, 2.45) is 5.92 Å². The highest BCUT2D eigenvalue weighted by Crippen LogP contribution is 2.18. The highest BCUT2D eigenvalue weighted by Gasteiger charge is 2.22. The third-order valence-electron chi connectivity index (χ3n) is 3.45. The summed E-state index contributed by atoms with van der Waals surface area (Å²) in [5.41, 5.74) is 1.00. The number of hydrogen-bond acceptors (Lipinski definition) is 3. The zero-order valence-corrected chi connectivity index (χ0v) is 11.8. The average molecular weight is 267 g/mol. The molecule has 1 rings (SSSR count). The van der Waals surface area contributed by atoms with Crippen molar-refractivity contribution in [1.82, 2.24) is 5.32 Å². The van der Waals surface area contributed by atoms with Crippen LogP contribution >= 0.6 is 0 Å². The SMILES string of the molecule is CCC(C)C(C)NC(=O)c1c(C)coc1CC(=O)O. The summed E-state index contributed by atoms with van der Waals surface area (Å²) in [6.45, 7) is 7.80. The number of carbonyl (C=O) groups excluding carboxylic acids is 1. The van der Waals surface area contributed by atoms with Gasteiger partial charge in [0.1, 0.15) is 12.2 Å². The minimum Gasteiger partial charge on any atom is -0.481 e. The maximum absolute atomic E-state index is 12.2. The van der Waals surface area contributed by atoms with E-state index in [9.17, 15) is 9.59 Å². The lowest BCUT2D eigenvalue weighted by molar-refractivity contribution is -0.136. The quantitative estimate of drug-likeness (QED) is 0.829. The molecule has 5 heteroatoms. The number of hydrogen-bond donors (Lipinski definition) is 2. The van der Waals surface area contributed by atoms with Crippen molar-refractivity contribution in [1.29, 1.82) is 0 Å². The summed E-state index contributed by atoms with van der Waals surface area (Å²) < 4.78 is 5.15. The molecule has 1 amide bonds. The van der Waals surface area contributed by atoms with Crippen LogP contribution in [0.1, 0.15) is 48.9 Å². The van der Waals surface area contributed by atoms with Crippen LogP contribution in [0.2, 0.25) is 0 Å². The van der Waals surface area contributed by atoms with Crippen LogP contribution in [0.15, 0.2) is 10.7 Å². The third kappa shape index (κ3) is 3.84. The molecule has 2 N–H and O–H groups in total. The van der Waals surface area contributed by atoms with E-state index in [1.54, 1.807) is 6.92 Å². The van der Waals surface area contributed by atoms with Crippen LogP contribution < -0.4 is 5.32 Å². The standard InChI is InChI=1S/C14H21NO4/c1-5-8(2)10(4)15-14(18)13-9(3)7-19-11(13)6-12(16)17/h7-8,10H,5-6H2,1-4H3,(H,15,18)(H,16,17). The lowest BCUT2D eigenvalue weighted by atomic mass is 10.00. The molecule has 19 heavy (non-hydrogen) atoms. The smallest absolute Gasteiger partial charge is 0.311 e. The molecule has 0 saturated carbocycles. The van der Waals surface area contributed by atoms with E-state index in [2.05, 4.69) is 19.2 Å². The van der Waals surface area contributed by atoms with Crippen molar-refractivity contribution in [3.63, 3.8) is 0 Å². The van der Waals surface area contributed by atoms with E-state index >= 15 is 0 Å². The van der Waals surface area contributed by atoms with Crippen LogP contribution in [0.3, 0.4) is 0 Å². The second-order valence-electron chi connectivity index (χ2n) is 4.94. The number of amides is 1. The van der Waals surface area contributed by atoms with E-state index in [0.717, 1.165) is 6.42 Å². The first-order valence-corrected chi connectivity index (χ1v) is 6.46. The summed E-state index contributed by atoms with van der Waals surface area (Å²) in [4.78, 5) is 22.9. The van der Waals surface area contributed by atoms with E-state index in [1.807, 2.05) is 6.92 Å². The Morgan fingerprint density at radius 1 is 1.42 bits per heavy atom. The fourth-order valence-corrected chi connectivity index (χ4v) is 1.85. The van der Waals surface area contributed by atoms with Gasteiger partial charge in [-0.3, -0.25) is 9.59 Å². The molecule has 0 aliphatic carbocycles. The number of aryl methyl sites for hydroxylation is 1. The second-order valence-corrected chi connectivity index (χ2v) is 4.94. The van der Waals surface area contributed by atoms with Gasteiger partial charge in [-0.2, -0.15) is 0 Å². The molecule has 0 saturated heterocycles. The van der Waals surface area contributed by atoms with Crippen LogP contribution in [0.25, 0.3) is 0 Å². The summed E-state index contributed by atoms with van der Waals surface area (Å²) >= 11 is 0. The van der Waals surface area contributed by atoms with Gasteiger partial charge in [-0.05, 0) is 19.8 Å². The second kappa shape index (κ2) is 6.41. The fourth-order valence-electron chi connectivity index (χ4n) is 1.85. The molecule has 0 fully saturated rings. The van der Waals surface area contributed by atoms with Crippen molar-refractivity contribution >= 4 is 11.9 Å². The maximum atomic E-state index is 12.2. The topological polar surface area (TPSA) is 79.5 Å². The number of carboxylic acids is 1. The Kier molecular flexibility index (Phi) is 5.15. The number of nitrogens with one attached hydrogen (secondary N) is 1. The molecule has 1 aromatic rings. The minimum atomic E-state index is -1.02. The Bertz CT molecular complexity index is 464. The molecular formula is C14H21NO4. The first-order chi connectivity index (χ1) is 8.86. The van der Waals surface area contributed by atoms with Crippen molar-refractivity contribution in [2.75, 3.05) is 0 Å². The number of aliphatic carboxylic acids is 1. The summed E-state index contributed by atoms with van der Waals surface area (Å²) in [6, 6.07) is 0.0319. The van der Waals surface area contributed by atoms with Crippen molar-refractivity contribution < 1.29 is 19.1 Å². The molecule has 0 bridgehead atoms. The monoisotopic (exact) mass is 267 g/mol. The van der Waals surface area contributed by atoms with Crippen molar-refractivity contribution in [3.05, 3.63) is 23.2 Å². The fraction of sp³-hybridized carbons (Fsp3) is 0.571. The zero-order chi connectivity index (χ0) is 14.6. The normalized spacial score (nSPS) is 13.9. The molecule has 0 aliphatic rings. The first kappa shape index (κ1) is 15.3. The Morgan fingerprint density at radius 2 is 2.05 bits per heavy atom. The third-order valence-corrected chi connectivity index (χ3v) is 3.45. The molecule has 106 valence electrons. The van der Waals surface area contributed by atoms with E-state index in [0.29, 0.717) is 17.0 Å². The molecule has 2 atom stereocenters. The molecule has 0 aromatic carbocycles. The molecule has 5 nitrogen and oxygen atoms in total. The van der Waals surface area contributed by atoms with Gasteiger partial charge in [0, 0.05) is 11.6 Å². The number of carbonyl (C=O) groups is 2. The van der Waals surface area contributed by atoms with E-state index < -0.39 is 5.97 Å². The van der Waals surface area contributed by atoms with Gasteiger partial charge in [-0.25, -0.2) is 0 Å². The Morgan fingerprint density at radius 3 is 2.58 bits per heavy atom. The molecule has 0 spiro atoms.